The molecule has 0 aliphatic heterocycles. The van der Waals surface area contributed by atoms with E-state index in [1.54, 1.807) is 11.3 Å². The molecular formula is C26H16N6OS2. The van der Waals surface area contributed by atoms with E-state index < -0.39 is 0 Å². The monoisotopic (exact) mass is 492 g/mol. The molecule has 0 saturated carbocycles. The lowest BCUT2D eigenvalue weighted by atomic mass is 10.1. The molecule has 0 fully saturated rings. The molecule has 0 spiro atoms. The van der Waals surface area contributed by atoms with E-state index in [2.05, 4.69) is 34.3 Å². The number of hydrogen-bond donors (Lipinski definition) is 1. The minimum atomic E-state index is -0.225. The molecule has 0 amide bonds. The van der Waals surface area contributed by atoms with Crippen LogP contribution in [0.5, 0.6) is 0 Å². The van der Waals surface area contributed by atoms with Crippen molar-refractivity contribution in [2.75, 3.05) is 0 Å². The first-order chi connectivity index (χ1) is 17.1. The summed E-state index contributed by atoms with van der Waals surface area (Å²) in [5, 5.41) is 7.45. The number of aryl methyl sites for hydroxylation is 1. The van der Waals surface area contributed by atoms with Gasteiger partial charge in [0.15, 0.2) is 5.65 Å². The van der Waals surface area contributed by atoms with Gasteiger partial charge in [0.2, 0.25) is 9.90 Å². The van der Waals surface area contributed by atoms with Gasteiger partial charge in [0.05, 0.1) is 37.9 Å². The average Bonchev–Trinajstić information content (AvgIpc) is 3.49. The zero-order chi connectivity index (χ0) is 23.7. The smallest absolute Gasteiger partial charge is 0.268 e. The molecule has 168 valence electrons. The summed E-state index contributed by atoms with van der Waals surface area (Å²) in [5.74, 6) is 0. The molecule has 0 aliphatic carbocycles. The van der Waals surface area contributed by atoms with Crippen molar-refractivity contribution in [3.8, 4) is 10.8 Å². The van der Waals surface area contributed by atoms with Gasteiger partial charge in [-0.15, -0.1) is 0 Å². The quantitative estimate of drug-likeness (QED) is 0.306. The minimum absolute atomic E-state index is 0.208. The van der Waals surface area contributed by atoms with Crippen molar-refractivity contribution in [3.05, 3.63) is 93.7 Å². The molecule has 0 atom stereocenters. The standard InChI is InChI=1S/C26H16N6OS2/c1-14-20-22(29-25(34)31(24(20)33)16-8-3-2-4-9-16)18-13-27-32(23(18)28-14)26-30-21-17-10-6-5-7-15(17)11-12-19(21)35-26/h2-13,27H,1H3. The Bertz CT molecular complexity index is 2070. The number of thiazole rings is 1. The fourth-order valence-electron chi connectivity index (χ4n) is 4.59. The second-order valence-corrected chi connectivity index (χ2v) is 9.64. The Balaban J connectivity index is 1.50. The zero-order valence-electron chi connectivity index (χ0n) is 18.4. The van der Waals surface area contributed by atoms with Gasteiger partial charge >= 0.3 is 0 Å². The van der Waals surface area contributed by atoms with Gasteiger partial charge in [0, 0.05) is 11.6 Å². The number of pyridine rings is 1. The van der Waals surface area contributed by atoms with Crippen molar-refractivity contribution in [1.29, 1.82) is 0 Å². The van der Waals surface area contributed by atoms with Gasteiger partial charge in [-0.3, -0.25) is 14.5 Å². The largest absolute Gasteiger partial charge is 0.297 e. The minimum Gasteiger partial charge on any atom is -0.297 e. The summed E-state index contributed by atoms with van der Waals surface area (Å²) in [5.41, 5.74) is 3.19. The van der Waals surface area contributed by atoms with Crippen LogP contribution in [0.1, 0.15) is 5.69 Å². The molecule has 7 aromatic rings. The summed E-state index contributed by atoms with van der Waals surface area (Å²) < 4.78 is 4.59. The van der Waals surface area contributed by atoms with E-state index in [-0.39, 0.29) is 10.3 Å². The van der Waals surface area contributed by atoms with Crippen molar-refractivity contribution in [2.24, 2.45) is 0 Å². The number of nitrogens with zero attached hydrogens (tertiary/aromatic N) is 5. The van der Waals surface area contributed by atoms with E-state index in [0.29, 0.717) is 27.9 Å². The molecule has 4 heterocycles. The van der Waals surface area contributed by atoms with Crippen LogP contribution in [-0.4, -0.2) is 29.3 Å². The predicted octanol–water partition coefficient (Wildman–Crippen LogP) is 5.85. The van der Waals surface area contributed by atoms with Crippen LogP contribution in [0, 0.1) is 11.7 Å². The fourth-order valence-corrected chi connectivity index (χ4v) is 5.82. The van der Waals surface area contributed by atoms with Crippen LogP contribution < -0.4 is 5.56 Å². The molecule has 0 aliphatic rings. The SMILES string of the molecule is Cc1nc2c(c[nH]n2-c2nc3c(ccc4ccccc43)s2)c2nc(=S)n(-c3ccccc3)c(=O)c12. The first kappa shape index (κ1) is 20.2. The molecule has 4 aromatic heterocycles. The van der Waals surface area contributed by atoms with E-state index in [4.69, 9.17) is 22.2 Å². The van der Waals surface area contributed by atoms with Crippen molar-refractivity contribution in [1.82, 2.24) is 29.3 Å². The number of aromatic amines is 1. The van der Waals surface area contributed by atoms with E-state index in [1.165, 1.54) is 4.57 Å². The number of para-hydroxylation sites is 1. The molecule has 7 rings (SSSR count). The van der Waals surface area contributed by atoms with Crippen molar-refractivity contribution >= 4 is 66.5 Å². The Kier molecular flexibility index (Phi) is 4.26. The predicted molar refractivity (Wildman–Crippen MR) is 143 cm³/mol. The maximum Gasteiger partial charge on any atom is 0.268 e. The summed E-state index contributed by atoms with van der Waals surface area (Å²) in [6.07, 6.45) is 1.81. The van der Waals surface area contributed by atoms with Gasteiger partial charge in [-0.05, 0) is 42.7 Å². The number of hydrogen-bond acceptors (Lipinski definition) is 6. The molecule has 0 bridgehead atoms. The number of benzene rings is 3. The average molecular weight is 493 g/mol. The summed E-state index contributed by atoms with van der Waals surface area (Å²) in [6, 6.07) is 21.7. The Labute approximate surface area is 206 Å². The van der Waals surface area contributed by atoms with Crippen LogP contribution in [0.4, 0.5) is 0 Å². The summed E-state index contributed by atoms with van der Waals surface area (Å²) in [7, 11) is 0. The van der Waals surface area contributed by atoms with Gasteiger partial charge in [0.1, 0.15) is 0 Å². The lowest BCUT2D eigenvalue weighted by molar-refractivity contribution is 0.886. The Morgan fingerprint density at radius 2 is 1.69 bits per heavy atom. The highest BCUT2D eigenvalue weighted by Crippen LogP contribution is 2.32. The van der Waals surface area contributed by atoms with Crippen LogP contribution in [0.2, 0.25) is 0 Å². The van der Waals surface area contributed by atoms with Gasteiger partial charge in [-0.1, -0.05) is 59.9 Å². The Hall–Kier alpha value is -4.21. The third kappa shape index (κ3) is 2.92. The fraction of sp³-hybridized carbons (Fsp3) is 0.0385. The maximum atomic E-state index is 13.5. The van der Waals surface area contributed by atoms with Gasteiger partial charge < -0.3 is 0 Å². The maximum absolute atomic E-state index is 13.5. The first-order valence-corrected chi connectivity index (χ1v) is 12.2. The van der Waals surface area contributed by atoms with Crippen LogP contribution in [0.25, 0.3) is 53.7 Å². The molecule has 9 heteroatoms. The normalized spacial score (nSPS) is 11.8. The highest BCUT2D eigenvalue weighted by Gasteiger charge is 2.19. The second kappa shape index (κ2) is 7.39. The van der Waals surface area contributed by atoms with E-state index in [0.717, 1.165) is 31.5 Å². The third-order valence-electron chi connectivity index (χ3n) is 6.21. The molecule has 0 saturated heterocycles. The van der Waals surface area contributed by atoms with Crippen molar-refractivity contribution < 1.29 is 0 Å². The topological polar surface area (TPSA) is 81.4 Å². The molecule has 3 aromatic carbocycles. The van der Waals surface area contributed by atoms with Crippen LogP contribution in [0.3, 0.4) is 0 Å². The van der Waals surface area contributed by atoms with Crippen LogP contribution in [-0.2, 0) is 0 Å². The van der Waals surface area contributed by atoms with E-state index in [1.807, 2.05) is 60.3 Å². The number of fused-ring (bicyclic) bond motifs is 6. The summed E-state index contributed by atoms with van der Waals surface area (Å²) >= 11 is 7.12. The Morgan fingerprint density at radius 1 is 0.886 bits per heavy atom. The summed E-state index contributed by atoms with van der Waals surface area (Å²) in [4.78, 5) is 27.9. The molecule has 0 unspecified atom stereocenters. The molecule has 35 heavy (non-hydrogen) atoms. The highest BCUT2D eigenvalue weighted by molar-refractivity contribution is 7.71. The lowest BCUT2D eigenvalue weighted by Crippen LogP contribution is -2.21. The molecule has 0 radical (unpaired) electrons. The number of aromatic nitrogens is 6. The lowest BCUT2D eigenvalue weighted by Gasteiger charge is -2.09. The van der Waals surface area contributed by atoms with E-state index >= 15 is 0 Å². The highest BCUT2D eigenvalue weighted by atomic mass is 32.1. The zero-order valence-corrected chi connectivity index (χ0v) is 20.0. The molecular weight excluding hydrogens is 476 g/mol. The first-order valence-electron chi connectivity index (χ1n) is 11.0. The van der Waals surface area contributed by atoms with Gasteiger partial charge in [-0.2, -0.15) is 0 Å². The Morgan fingerprint density at radius 3 is 2.54 bits per heavy atom. The van der Waals surface area contributed by atoms with Gasteiger partial charge in [-0.25, -0.2) is 19.6 Å². The van der Waals surface area contributed by atoms with Crippen molar-refractivity contribution in [3.63, 3.8) is 0 Å². The molecule has 7 nitrogen and oxygen atoms in total. The molecule has 1 N–H and O–H groups in total. The van der Waals surface area contributed by atoms with Crippen molar-refractivity contribution in [2.45, 2.75) is 6.92 Å². The van der Waals surface area contributed by atoms with Crippen LogP contribution in [0.15, 0.2) is 77.7 Å². The number of nitrogens with one attached hydrogen (secondary N) is 1. The number of rotatable bonds is 2. The van der Waals surface area contributed by atoms with E-state index in [9.17, 15) is 4.79 Å². The van der Waals surface area contributed by atoms with Gasteiger partial charge in [0.25, 0.3) is 5.56 Å². The third-order valence-corrected chi connectivity index (χ3v) is 7.49. The number of H-pyrrole nitrogens is 1. The second-order valence-electron chi connectivity index (χ2n) is 8.27. The van der Waals surface area contributed by atoms with Crippen LogP contribution >= 0.6 is 23.6 Å². The summed E-state index contributed by atoms with van der Waals surface area (Å²) in [6.45, 7) is 1.83.